The number of rotatable bonds is 1. The topological polar surface area (TPSA) is 29.1 Å². The average Bonchev–Trinajstić information content (AvgIpc) is 2.17. The van der Waals surface area contributed by atoms with E-state index in [4.69, 9.17) is 0 Å². The fraction of sp³-hybridized carbons (Fsp3) is 0.364. The molecule has 0 aromatic heterocycles. The summed E-state index contributed by atoms with van der Waals surface area (Å²) < 4.78 is 0. The fourth-order valence-corrected chi connectivity index (χ4v) is 1.74. The number of Topliss-reactive ketones (excluding diaryl/α,β-unsaturated/α-hetero) is 1. The van der Waals surface area contributed by atoms with Gasteiger partial charge in [-0.05, 0) is 31.4 Å². The molecule has 0 unspecified atom stereocenters. The molecule has 0 saturated carbocycles. The number of carbonyl (C=O) groups excluding carboxylic acids is 1. The molecular weight excluding hydrogens is 162 g/mol. The lowest BCUT2D eigenvalue weighted by molar-refractivity contribution is -0.117. The highest BCUT2D eigenvalue weighted by molar-refractivity contribution is 5.85. The first-order chi connectivity index (χ1) is 6.27. The molecule has 2 nitrogen and oxygen atoms in total. The standard InChI is InChI=1S/C11H13NO/c1-8(13)10-7-6-9-4-2-3-5-11(9)12-10/h2-5,10,12H,6-7H2,1H3/t10-/m1/s1. The first-order valence-electron chi connectivity index (χ1n) is 4.62. The number of para-hydroxylation sites is 1. The Bertz CT molecular complexity index is 333. The van der Waals surface area contributed by atoms with Crippen molar-refractivity contribution >= 4 is 11.5 Å². The molecule has 0 fully saturated rings. The Labute approximate surface area is 78.0 Å². The molecule has 1 aliphatic heterocycles. The Kier molecular flexibility index (Phi) is 2.05. The van der Waals surface area contributed by atoms with Crippen LogP contribution in [0.2, 0.25) is 0 Å². The number of ketones is 1. The third-order valence-corrected chi connectivity index (χ3v) is 2.54. The van der Waals surface area contributed by atoms with Crippen molar-refractivity contribution in [3.63, 3.8) is 0 Å². The average molecular weight is 175 g/mol. The smallest absolute Gasteiger partial charge is 0.151 e. The van der Waals surface area contributed by atoms with E-state index >= 15 is 0 Å². The lowest BCUT2D eigenvalue weighted by atomic mass is 9.96. The Morgan fingerprint density at radius 1 is 1.46 bits per heavy atom. The molecule has 1 heterocycles. The zero-order valence-electron chi connectivity index (χ0n) is 7.71. The van der Waals surface area contributed by atoms with E-state index in [0.717, 1.165) is 18.5 Å². The lowest BCUT2D eigenvalue weighted by Gasteiger charge is -2.24. The van der Waals surface area contributed by atoms with Crippen LogP contribution >= 0.6 is 0 Å². The van der Waals surface area contributed by atoms with Crippen LogP contribution < -0.4 is 5.32 Å². The molecule has 2 rings (SSSR count). The van der Waals surface area contributed by atoms with Crippen LogP contribution in [0.1, 0.15) is 18.9 Å². The van der Waals surface area contributed by atoms with Gasteiger partial charge in [-0.1, -0.05) is 18.2 Å². The quantitative estimate of drug-likeness (QED) is 0.707. The van der Waals surface area contributed by atoms with E-state index in [9.17, 15) is 4.79 Å². The van der Waals surface area contributed by atoms with Crippen molar-refractivity contribution in [2.45, 2.75) is 25.8 Å². The van der Waals surface area contributed by atoms with E-state index in [1.165, 1.54) is 5.56 Å². The molecular formula is C11H13NO. The van der Waals surface area contributed by atoms with Gasteiger partial charge in [-0.25, -0.2) is 0 Å². The van der Waals surface area contributed by atoms with Crippen LogP contribution in [0.25, 0.3) is 0 Å². The highest BCUT2D eigenvalue weighted by Crippen LogP contribution is 2.24. The van der Waals surface area contributed by atoms with Gasteiger partial charge in [0, 0.05) is 5.69 Å². The highest BCUT2D eigenvalue weighted by atomic mass is 16.1. The second-order valence-corrected chi connectivity index (χ2v) is 3.50. The van der Waals surface area contributed by atoms with E-state index < -0.39 is 0 Å². The van der Waals surface area contributed by atoms with Gasteiger partial charge in [0.15, 0.2) is 5.78 Å². The van der Waals surface area contributed by atoms with Crippen LogP contribution in [0.5, 0.6) is 0 Å². The van der Waals surface area contributed by atoms with Crippen LogP contribution in [-0.4, -0.2) is 11.8 Å². The molecule has 13 heavy (non-hydrogen) atoms. The van der Waals surface area contributed by atoms with Gasteiger partial charge in [0.05, 0.1) is 6.04 Å². The van der Waals surface area contributed by atoms with Crippen molar-refractivity contribution in [2.75, 3.05) is 5.32 Å². The zero-order chi connectivity index (χ0) is 9.26. The summed E-state index contributed by atoms with van der Waals surface area (Å²) in [6, 6.07) is 8.20. The molecule has 2 heteroatoms. The third kappa shape index (κ3) is 1.57. The van der Waals surface area contributed by atoms with Crippen molar-refractivity contribution in [3.05, 3.63) is 29.8 Å². The number of anilines is 1. The van der Waals surface area contributed by atoms with Crippen LogP contribution in [0.15, 0.2) is 24.3 Å². The van der Waals surface area contributed by atoms with Gasteiger partial charge in [-0.2, -0.15) is 0 Å². The maximum Gasteiger partial charge on any atom is 0.151 e. The maximum absolute atomic E-state index is 11.1. The number of hydrogen-bond donors (Lipinski definition) is 1. The largest absolute Gasteiger partial charge is 0.375 e. The highest BCUT2D eigenvalue weighted by Gasteiger charge is 2.19. The molecule has 0 amide bonds. The molecule has 1 aromatic rings. The van der Waals surface area contributed by atoms with Crippen LogP contribution in [0, 0.1) is 0 Å². The summed E-state index contributed by atoms with van der Waals surface area (Å²) in [4.78, 5) is 11.1. The monoisotopic (exact) mass is 175 g/mol. The van der Waals surface area contributed by atoms with Crippen molar-refractivity contribution in [1.82, 2.24) is 0 Å². The fourth-order valence-electron chi connectivity index (χ4n) is 1.74. The molecule has 0 bridgehead atoms. The molecule has 0 saturated heterocycles. The molecule has 0 spiro atoms. The van der Waals surface area contributed by atoms with Gasteiger partial charge < -0.3 is 5.32 Å². The van der Waals surface area contributed by atoms with Crippen LogP contribution in [0.4, 0.5) is 5.69 Å². The molecule has 1 atom stereocenters. The molecule has 0 radical (unpaired) electrons. The zero-order valence-corrected chi connectivity index (χ0v) is 7.71. The van der Waals surface area contributed by atoms with E-state index in [-0.39, 0.29) is 11.8 Å². The van der Waals surface area contributed by atoms with E-state index in [0.29, 0.717) is 0 Å². The SMILES string of the molecule is CC(=O)[C@H]1CCc2ccccc2N1. The van der Waals surface area contributed by atoms with Crippen molar-refractivity contribution < 1.29 is 4.79 Å². The van der Waals surface area contributed by atoms with Crippen LogP contribution in [-0.2, 0) is 11.2 Å². The second kappa shape index (κ2) is 3.21. The summed E-state index contributed by atoms with van der Waals surface area (Å²) in [6.07, 6.45) is 1.93. The summed E-state index contributed by atoms with van der Waals surface area (Å²) in [5.41, 5.74) is 2.44. The Hall–Kier alpha value is -1.31. The van der Waals surface area contributed by atoms with Gasteiger partial charge in [0.2, 0.25) is 0 Å². The molecule has 0 aliphatic carbocycles. The Morgan fingerprint density at radius 3 is 3.00 bits per heavy atom. The van der Waals surface area contributed by atoms with Crippen molar-refractivity contribution in [2.24, 2.45) is 0 Å². The number of fused-ring (bicyclic) bond motifs is 1. The van der Waals surface area contributed by atoms with E-state index in [2.05, 4.69) is 11.4 Å². The number of benzene rings is 1. The van der Waals surface area contributed by atoms with Crippen molar-refractivity contribution in [1.29, 1.82) is 0 Å². The summed E-state index contributed by atoms with van der Waals surface area (Å²) in [5.74, 6) is 0.231. The maximum atomic E-state index is 11.1. The second-order valence-electron chi connectivity index (χ2n) is 3.50. The summed E-state index contributed by atoms with van der Waals surface area (Å²) in [5, 5.41) is 3.25. The molecule has 1 aliphatic rings. The van der Waals surface area contributed by atoms with Gasteiger partial charge in [0.25, 0.3) is 0 Å². The minimum absolute atomic E-state index is 0.0231. The number of carbonyl (C=O) groups is 1. The summed E-state index contributed by atoms with van der Waals surface area (Å²) in [6.45, 7) is 1.64. The first-order valence-corrected chi connectivity index (χ1v) is 4.62. The summed E-state index contributed by atoms with van der Waals surface area (Å²) >= 11 is 0. The van der Waals surface area contributed by atoms with Gasteiger partial charge in [-0.15, -0.1) is 0 Å². The summed E-state index contributed by atoms with van der Waals surface area (Å²) in [7, 11) is 0. The Balaban J connectivity index is 2.24. The predicted octanol–water partition coefficient (Wildman–Crippen LogP) is 2.00. The number of hydrogen-bond acceptors (Lipinski definition) is 2. The van der Waals surface area contributed by atoms with Gasteiger partial charge in [-0.3, -0.25) is 4.79 Å². The van der Waals surface area contributed by atoms with E-state index in [1.807, 2.05) is 18.2 Å². The molecule has 68 valence electrons. The minimum Gasteiger partial charge on any atom is -0.375 e. The molecule has 1 N–H and O–H groups in total. The third-order valence-electron chi connectivity index (χ3n) is 2.54. The Morgan fingerprint density at radius 2 is 2.23 bits per heavy atom. The van der Waals surface area contributed by atoms with Gasteiger partial charge >= 0.3 is 0 Å². The van der Waals surface area contributed by atoms with Gasteiger partial charge in [0.1, 0.15) is 0 Å². The number of aryl methyl sites for hydroxylation is 1. The predicted molar refractivity (Wildman–Crippen MR) is 52.9 cm³/mol. The first kappa shape index (κ1) is 8.30. The lowest BCUT2D eigenvalue weighted by Crippen LogP contribution is -2.31. The molecule has 1 aromatic carbocycles. The van der Waals surface area contributed by atoms with E-state index in [1.54, 1.807) is 6.92 Å². The minimum atomic E-state index is 0.0231. The van der Waals surface area contributed by atoms with Crippen molar-refractivity contribution in [3.8, 4) is 0 Å². The normalized spacial score (nSPS) is 20.2. The number of nitrogens with one attached hydrogen (secondary N) is 1. The van der Waals surface area contributed by atoms with Crippen LogP contribution in [0.3, 0.4) is 0 Å².